The Bertz CT molecular complexity index is 384. The van der Waals surface area contributed by atoms with Gasteiger partial charge in [-0.25, -0.2) is 4.79 Å². The van der Waals surface area contributed by atoms with Gasteiger partial charge in [-0.1, -0.05) is 6.92 Å². The molecule has 0 bridgehead atoms. The lowest BCUT2D eigenvalue weighted by Gasteiger charge is -2.26. The number of carbonyl (C=O) groups excluding carboxylic acids is 1. The Balaban J connectivity index is 1.45. The Kier molecular flexibility index (Phi) is 3.70. The van der Waals surface area contributed by atoms with Crippen LogP contribution in [0.25, 0.3) is 0 Å². The lowest BCUT2D eigenvalue weighted by atomic mass is 10.1. The molecule has 1 aliphatic carbocycles. The molecule has 0 aromatic carbocycles. The van der Waals surface area contributed by atoms with Crippen molar-refractivity contribution >= 4 is 17.9 Å². The van der Waals surface area contributed by atoms with E-state index in [4.69, 9.17) is 4.74 Å². The van der Waals surface area contributed by atoms with Crippen LogP contribution in [0.2, 0.25) is 0 Å². The zero-order chi connectivity index (χ0) is 14.5. The SMILES string of the molecule is CC1SCCC1NC1C2CN(C(=O)OC(C)(C)C)CC21. The Morgan fingerprint density at radius 2 is 1.95 bits per heavy atom. The van der Waals surface area contributed by atoms with E-state index in [1.54, 1.807) is 0 Å². The number of thioether (sulfide) groups is 1. The van der Waals surface area contributed by atoms with Crippen LogP contribution in [0, 0.1) is 11.8 Å². The Morgan fingerprint density at radius 1 is 1.30 bits per heavy atom. The van der Waals surface area contributed by atoms with Crippen LogP contribution in [0.3, 0.4) is 0 Å². The number of ether oxygens (including phenoxy) is 1. The number of amides is 1. The Labute approximate surface area is 126 Å². The molecule has 3 aliphatic rings. The minimum Gasteiger partial charge on any atom is -0.444 e. The van der Waals surface area contributed by atoms with Gasteiger partial charge in [-0.15, -0.1) is 0 Å². The second-order valence-corrected chi connectivity index (χ2v) is 8.86. The van der Waals surface area contributed by atoms with Crippen molar-refractivity contribution < 1.29 is 9.53 Å². The summed E-state index contributed by atoms with van der Waals surface area (Å²) in [6, 6.07) is 1.31. The number of rotatable bonds is 2. The molecular weight excluding hydrogens is 272 g/mol. The molecule has 1 N–H and O–H groups in total. The molecule has 4 unspecified atom stereocenters. The van der Waals surface area contributed by atoms with E-state index >= 15 is 0 Å². The summed E-state index contributed by atoms with van der Waals surface area (Å²) in [5, 5.41) is 4.55. The largest absolute Gasteiger partial charge is 0.444 e. The van der Waals surface area contributed by atoms with Gasteiger partial charge in [0.25, 0.3) is 0 Å². The number of fused-ring (bicyclic) bond motifs is 1. The molecule has 4 nitrogen and oxygen atoms in total. The van der Waals surface area contributed by atoms with Gasteiger partial charge in [0.2, 0.25) is 0 Å². The fraction of sp³-hybridized carbons (Fsp3) is 0.933. The monoisotopic (exact) mass is 298 g/mol. The van der Waals surface area contributed by atoms with Crippen LogP contribution in [0.5, 0.6) is 0 Å². The van der Waals surface area contributed by atoms with Crippen molar-refractivity contribution in [3.8, 4) is 0 Å². The number of hydrogen-bond acceptors (Lipinski definition) is 4. The highest BCUT2D eigenvalue weighted by Gasteiger charge is 2.57. The third-order valence-corrected chi connectivity index (χ3v) is 5.95. The van der Waals surface area contributed by atoms with Gasteiger partial charge >= 0.3 is 6.09 Å². The summed E-state index contributed by atoms with van der Waals surface area (Å²) in [5.74, 6) is 2.59. The van der Waals surface area contributed by atoms with Gasteiger partial charge < -0.3 is 15.0 Å². The van der Waals surface area contributed by atoms with Gasteiger partial charge in [-0.2, -0.15) is 11.8 Å². The molecular formula is C15H26N2O2S. The van der Waals surface area contributed by atoms with Crippen molar-refractivity contribution in [2.45, 2.75) is 57.1 Å². The zero-order valence-corrected chi connectivity index (χ0v) is 13.7. The van der Waals surface area contributed by atoms with E-state index < -0.39 is 5.60 Å². The second kappa shape index (κ2) is 5.09. The normalized spacial score (nSPS) is 39.8. The van der Waals surface area contributed by atoms with E-state index in [1.165, 1.54) is 12.2 Å². The molecule has 4 atom stereocenters. The van der Waals surface area contributed by atoms with Crippen LogP contribution in [0.4, 0.5) is 4.79 Å². The molecule has 20 heavy (non-hydrogen) atoms. The average Bonchev–Trinajstić information content (AvgIpc) is 2.72. The number of carbonyl (C=O) groups is 1. The first kappa shape index (κ1) is 14.5. The lowest BCUT2D eigenvalue weighted by molar-refractivity contribution is 0.0268. The second-order valence-electron chi connectivity index (χ2n) is 7.38. The highest BCUT2D eigenvalue weighted by atomic mass is 32.2. The van der Waals surface area contributed by atoms with Gasteiger partial charge in [-0.05, 0) is 44.8 Å². The third kappa shape index (κ3) is 2.93. The molecule has 5 heteroatoms. The Hall–Kier alpha value is -0.420. The highest BCUT2D eigenvalue weighted by Crippen LogP contribution is 2.46. The minimum atomic E-state index is -0.391. The molecule has 0 radical (unpaired) electrons. The topological polar surface area (TPSA) is 41.6 Å². The van der Waals surface area contributed by atoms with Crippen LogP contribution >= 0.6 is 11.8 Å². The van der Waals surface area contributed by atoms with Crippen molar-refractivity contribution in [2.75, 3.05) is 18.8 Å². The van der Waals surface area contributed by atoms with Crippen molar-refractivity contribution in [2.24, 2.45) is 11.8 Å². The van der Waals surface area contributed by atoms with Gasteiger partial charge in [-0.3, -0.25) is 0 Å². The van der Waals surface area contributed by atoms with E-state index in [1.807, 2.05) is 25.7 Å². The number of nitrogens with one attached hydrogen (secondary N) is 1. The van der Waals surface area contributed by atoms with E-state index in [9.17, 15) is 4.79 Å². The molecule has 1 amide bonds. The summed E-state index contributed by atoms with van der Waals surface area (Å²) >= 11 is 2.07. The predicted molar refractivity (Wildman–Crippen MR) is 82.0 cm³/mol. The molecule has 2 heterocycles. The van der Waals surface area contributed by atoms with Gasteiger partial charge in [0.1, 0.15) is 5.60 Å². The van der Waals surface area contributed by atoms with Crippen molar-refractivity contribution in [3.05, 3.63) is 0 Å². The first-order chi connectivity index (χ1) is 9.35. The minimum absolute atomic E-state index is 0.145. The van der Waals surface area contributed by atoms with Crippen LogP contribution in [-0.4, -0.2) is 52.8 Å². The number of piperidine rings is 1. The molecule has 3 rings (SSSR count). The van der Waals surface area contributed by atoms with Crippen LogP contribution in [0.15, 0.2) is 0 Å². The fourth-order valence-electron chi connectivity index (χ4n) is 3.45. The Morgan fingerprint density at radius 3 is 2.45 bits per heavy atom. The number of nitrogens with zero attached hydrogens (tertiary/aromatic N) is 1. The third-order valence-electron chi connectivity index (χ3n) is 4.63. The van der Waals surface area contributed by atoms with E-state index in [-0.39, 0.29) is 6.09 Å². The molecule has 0 spiro atoms. The summed E-state index contributed by atoms with van der Waals surface area (Å²) in [7, 11) is 0. The van der Waals surface area contributed by atoms with Crippen molar-refractivity contribution in [1.82, 2.24) is 10.2 Å². The quantitative estimate of drug-likeness (QED) is 0.849. The number of hydrogen-bond donors (Lipinski definition) is 1. The predicted octanol–water partition coefficient (Wildman–Crippen LogP) is 2.34. The summed E-state index contributed by atoms with van der Waals surface area (Å²) in [5.41, 5.74) is -0.391. The molecule has 0 aromatic heterocycles. The van der Waals surface area contributed by atoms with E-state index in [0.717, 1.165) is 18.3 Å². The standard InChI is InChI=1S/C15H26N2O2S/c1-9-12(5-6-20-9)16-13-10-7-17(8-11(10)13)14(18)19-15(2,3)4/h9-13,16H,5-8H2,1-4H3. The van der Waals surface area contributed by atoms with Crippen LogP contribution in [-0.2, 0) is 4.74 Å². The lowest BCUT2D eigenvalue weighted by Crippen LogP contribution is -2.42. The molecule has 2 aliphatic heterocycles. The first-order valence-corrected chi connectivity index (χ1v) is 8.75. The zero-order valence-electron chi connectivity index (χ0n) is 12.9. The molecule has 2 saturated heterocycles. The first-order valence-electron chi connectivity index (χ1n) is 7.71. The molecule has 114 valence electrons. The maximum atomic E-state index is 12.0. The van der Waals surface area contributed by atoms with Gasteiger partial charge in [0, 0.05) is 30.4 Å². The highest BCUT2D eigenvalue weighted by molar-refractivity contribution is 8.00. The maximum absolute atomic E-state index is 12.0. The van der Waals surface area contributed by atoms with Gasteiger partial charge in [0.15, 0.2) is 0 Å². The summed E-state index contributed by atoms with van der Waals surface area (Å²) in [6.07, 6.45) is 1.14. The number of likely N-dealkylation sites (tertiary alicyclic amines) is 1. The average molecular weight is 298 g/mol. The molecule has 3 fully saturated rings. The van der Waals surface area contributed by atoms with Gasteiger partial charge in [0.05, 0.1) is 0 Å². The van der Waals surface area contributed by atoms with Crippen LogP contribution < -0.4 is 5.32 Å². The maximum Gasteiger partial charge on any atom is 0.410 e. The van der Waals surface area contributed by atoms with E-state index in [0.29, 0.717) is 23.9 Å². The van der Waals surface area contributed by atoms with Crippen molar-refractivity contribution in [3.63, 3.8) is 0 Å². The van der Waals surface area contributed by atoms with E-state index in [2.05, 4.69) is 24.0 Å². The molecule has 0 aromatic rings. The summed E-state index contributed by atoms with van der Waals surface area (Å²) in [6.45, 7) is 9.82. The summed E-state index contributed by atoms with van der Waals surface area (Å²) in [4.78, 5) is 13.9. The fourth-order valence-corrected chi connectivity index (χ4v) is 4.66. The smallest absolute Gasteiger partial charge is 0.410 e. The molecule has 1 saturated carbocycles. The summed E-state index contributed by atoms with van der Waals surface area (Å²) < 4.78 is 5.44. The van der Waals surface area contributed by atoms with Crippen molar-refractivity contribution in [1.29, 1.82) is 0 Å². The van der Waals surface area contributed by atoms with Crippen LogP contribution in [0.1, 0.15) is 34.1 Å².